The zero-order valence-corrected chi connectivity index (χ0v) is 13.8. The van der Waals surface area contributed by atoms with Gasteiger partial charge in [0, 0.05) is 18.9 Å². The van der Waals surface area contributed by atoms with Crippen LogP contribution >= 0.6 is 0 Å². The molecule has 0 spiro atoms. The number of rotatable bonds is 9. The lowest BCUT2D eigenvalue weighted by Crippen LogP contribution is -2.45. The number of nitrogens with two attached hydrogens (primary N) is 1. The van der Waals surface area contributed by atoms with E-state index in [-0.39, 0.29) is 24.8 Å². The fraction of sp³-hybridized carbons (Fsp3) is 0.263. The number of carbonyl (C=O) groups is 2. The number of hydrogen-bond donors (Lipinski definition) is 2. The monoisotopic (exact) mass is 344 g/mol. The Bertz CT molecular complexity index is 707. The van der Waals surface area contributed by atoms with Gasteiger partial charge in [0.05, 0.1) is 6.61 Å². The Hall–Kier alpha value is -2.89. The number of halogens is 1. The Kier molecular flexibility index (Phi) is 6.95. The molecule has 0 unspecified atom stereocenters. The molecule has 0 saturated carbocycles. The molecular formula is C19H21FN2O3. The molecule has 1 atom stereocenters. The molecule has 0 aliphatic heterocycles. The molecule has 25 heavy (non-hydrogen) atoms. The minimum atomic E-state index is -0.751. The third kappa shape index (κ3) is 6.63. The van der Waals surface area contributed by atoms with Gasteiger partial charge in [-0.3, -0.25) is 9.59 Å². The highest BCUT2D eigenvalue weighted by Crippen LogP contribution is 2.12. The van der Waals surface area contributed by atoms with E-state index < -0.39 is 11.9 Å². The summed E-state index contributed by atoms with van der Waals surface area (Å²) >= 11 is 0. The van der Waals surface area contributed by atoms with Gasteiger partial charge in [-0.15, -0.1) is 0 Å². The lowest BCUT2D eigenvalue weighted by atomic mass is 10.1. The fourth-order valence-corrected chi connectivity index (χ4v) is 2.32. The van der Waals surface area contributed by atoms with Gasteiger partial charge in [-0.2, -0.15) is 0 Å². The van der Waals surface area contributed by atoms with E-state index in [1.165, 1.54) is 12.1 Å². The standard InChI is InChI=1S/C19H21FN2O3/c20-15-8-4-9-16(13-15)25-11-5-10-18(23)22-17(19(21)24)12-14-6-2-1-3-7-14/h1-4,6-9,13,17H,5,10-12H2,(H2,21,24)(H,22,23)/t17-/m0/s1. The zero-order valence-electron chi connectivity index (χ0n) is 13.8. The second-order valence-corrected chi connectivity index (χ2v) is 5.62. The first-order valence-electron chi connectivity index (χ1n) is 8.05. The van der Waals surface area contributed by atoms with Crippen LogP contribution in [-0.2, 0) is 16.0 Å². The number of ether oxygens (including phenoxy) is 1. The van der Waals surface area contributed by atoms with Gasteiger partial charge < -0.3 is 15.8 Å². The third-order valence-corrected chi connectivity index (χ3v) is 3.57. The largest absolute Gasteiger partial charge is 0.493 e. The van der Waals surface area contributed by atoms with Crippen molar-refractivity contribution < 1.29 is 18.7 Å². The molecule has 0 heterocycles. The van der Waals surface area contributed by atoms with Crippen molar-refractivity contribution in [2.75, 3.05) is 6.61 Å². The lowest BCUT2D eigenvalue weighted by molar-refractivity contribution is -0.127. The predicted octanol–water partition coefficient (Wildman–Crippen LogP) is 2.20. The van der Waals surface area contributed by atoms with Crippen LogP contribution in [0.25, 0.3) is 0 Å². The van der Waals surface area contributed by atoms with Crippen LogP contribution in [0.1, 0.15) is 18.4 Å². The maximum absolute atomic E-state index is 13.0. The number of hydrogen-bond acceptors (Lipinski definition) is 3. The molecule has 2 rings (SSSR count). The summed E-state index contributed by atoms with van der Waals surface area (Å²) < 4.78 is 18.4. The van der Waals surface area contributed by atoms with Crippen LogP contribution in [0.2, 0.25) is 0 Å². The van der Waals surface area contributed by atoms with Gasteiger partial charge in [-0.25, -0.2) is 4.39 Å². The second kappa shape index (κ2) is 9.42. The number of nitrogens with one attached hydrogen (secondary N) is 1. The van der Waals surface area contributed by atoms with Crippen molar-refractivity contribution in [3.63, 3.8) is 0 Å². The molecule has 0 saturated heterocycles. The average molecular weight is 344 g/mol. The molecule has 2 aromatic rings. The van der Waals surface area contributed by atoms with E-state index in [0.29, 0.717) is 18.6 Å². The van der Waals surface area contributed by atoms with Crippen LogP contribution in [0.5, 0.6) is 5.75 Å². The summed E-state index contributed by atoms with van der Waals surface area (Å²) in [6.45, 7) is 0.275. The van der Waals surface area contributed by atoms with Crippen molar-refractivity contribution in [1.82, 2.24) is 5.32 Å². The SMILES string of the molecule is NC(=O)[C@H](Cc1ccccc1)NC(=O)CCCOc1cccc(F)c1. The number of amides is 2. The Balaban J connectivity index is 1.74. The molecule has 132 valence electrons. The number of primary amides is 1. The molecule has 6 heteroatoms. The molecule has 0 aromatic heterocycles. The van der Waals surface area contributed by atoms with E-state index in [1.54, 1.807) is 12.1 Å². The van der Waals surface area contributed by atoms with E-state index in [4.69, 9.17) is 10.5 Å². The van der Waals surface area contributed by atoms with E-state index in [1.807, 2.05) is 30.3 Å². The van der Waals surface area contributed by atoms with Crippen molar-refractivity contribution in [2.24, 2.45) is 5.73 Å². The van der Waals surface area contributed by atoms with Gasteiger partial charge in [0.2, 0.25) is 11.8 Å². The van der Waals surface area contributed by atoms with E-state index >= 15 is 0 Å². The number of carbonyl (C=O) groups excluding carboxylic acids is 2. The Labute approximate surface area is 146 Å². The minimum absolute atomic E-state index is 0.188. The summed E-state index contributed by atoms with van der Waals surface area (Å²) in [6.07, 6.45) is 0.981. The zero-order chi connectivity index (χ0) is 18.1. The summed E-state index contributed by atoms with van der Waals surface area (Å²) in [5, 5.41) is 2.64. The van der Waals surface area contributed by atoms with Crippen molar-refractivity contribution in [1.29, 1.82) is 0 Å². The summed E-state index contributed by atoms with van der Waals surface area (Å²) in [7, 11) is 0. The average Bonchev–Trinajstić information content (AvgIpc) is 2.59. The molecule has 3 N–H and O–H groups in total. The highest BCUT2D eigenvalue weighted by atomic mass is 19.1. The summed E-state index contributed by atoms with van der Waals surface area (Å²) in [5.74, 6) is -0.809. The van der Waals surface area contributed by atoms with Crippen molar-refractivity contribution >= 4 is 11.8 Å². The minimum Gasteiger partial charge on any atom is -0.493 e. The molecule has 2 aromatic carbocycles. The maximum Gasteiger partial charge on any atom is 0.240 e. The van der Waals surface area contributed by atoms with Gasteiger partial charge in [0.15, 0.2) is 0 Å². The van der Waals surface area contributed by atoms with Crippen molar-refractivity contribution in [3.8, 4) is 5.75 Å². The van der Waals surface area contributed by atoms with Gasteiger partial charge in [-0.1, -0.05) is 36.4 Å². The van der Waals surface area contributed by atoms with Crippen LogP contribution < -0.4 is 15.8 Å². The first kappa shape index (κ1) is 18.4. The second-order valence-electron chi connectivity index (χ2n) is 5.62. The van der Waals surface area contributed by atoms with E-state index in [2.05, 4.69) is 5.32 Å². The van der Waals surface area contributed by atoms with Gasteiger partial charge in [0.1, 0.15) is 17.6 Å². The summed E-state index contributed by atoms with van der Waals surface area (Å²) in [4.78, 5) is 23.5. The highest BCUT2D eigenvalue weighted by Gasteiger charge is 2.18. The molecule has 0 bridgehead atoms. The third-order valence-electron chi connectivity index (χ3n) is 3.57. The Morgan fingerprint density at radius 1 is 1.12 bits per heavy atom. The first-order chi connectivity index (χ1) is 12.0. The van der Waals surface area contributed by atoms with Gasteiger partial charge in [-0.05, 0) is 24.1 Å². The van der Waals surface area contributed by atoms with Crippen LogP contribution in [0, 0.1) is 5.82 Å². The Morgan fingerprint density at radius 2 is 1.88 bits per heavy atom. The normalized spacial score (nSPS) is 11.6. The summed E-state index contributed by atoms with van der Waals surface area (Å²) in [6, 6.07) is 14.4. The fourth-order valence-electron chi connectivity index (χ4n) is 2.32. The van der Waals surface area contributed by atoms with Crippen LogP contribution in [0.3, 0.4) is 0 Å². The highest BCUT2D eigenvalue weighted by molar-refractivity contribution is 5.86. The van der Waals surface area contributed by atoms with Gasteiger partial charge in [0.25, 0.3) is 0 Å². The van der Waals surface area contributed by atoms with Crippen LogP contribution in [0.4, 0.5) is 4.39 Å². The topological polar surface area (TPSA) is 81.4 Å². The Morgan fingerprint density at radius 3 is 2.56 bits per heavy atom. The molecule has 0 aliphatic rings. The van der Waals surface area contributed by atoms with E-state index in [0.717, 1.165) is 5.56 Å². The molecule has 0 radical (unpaired) electrons. The predicted molar refractivity (Wildman–Crippen MR) is 92.4 cm³/mol. The van der Waals surface area contributed by atoms with Crippen LogP contribution in [0.15, 0.2) is 54.6 Å². The first-order valence-corrected chi connectivity index (χ1v) is 8.05. The molecule has 5 nitrogen and oxygen atoms in total. The molecular weight excluding hydrogens is 323 g/mol. The van der Waals surface area contributed by atoms with Gasteiger partial charge >= 0.3 is 0 Å². The van der Waals surface area contributed by atoms with Crippen molar-refractivity contribution in [3.05, 3.63) is 66.0 Å². The summed E-state index contributed by atoms with van der Waals surface area (Å²) in [5.41, 5.74) is 6.28. The molecule has 0 aliphatic carbocycles. The van der Waals surface area contributed by atoms with Crippen molar-refractivity contribution in [2.45, 2.75) is 25.3 Å². The van der Waals surface area contributed by atoms with E-state index in [9.17, 15) is 14.0 Å². The molecule has 2 amide bonds. The van der Waals surface area contributed by atoms with Crippen LogP contribution in [-0.4, -0.2) is 24.5 Å². The quantitative estimate of drug-likeness (QED) is 0.684. The maximum atomic E-state index is 13.0. The molecule has 0 fully saturated rings. The lowest BCUT2D eigenvalue weighted by Gasteiger charge is -2.15. The smallest absolute Gasteiger partial charge is 0.240 e. The number of benzene rings is 2.